The van der Waals surface area contributed by atoms with Gasteiger partial charge in [0.25, 0.3) is 0 Å². The molecule has 0 saturated heterocycles. The number of ether oxygens (including phenoxy) is 1. The quantitative estimate of drug-likeness (QED) is 0.457. The number of nitrogens with two attached hydrogens (primary N) is 1. The zero-order valence-corrected chi connectivity index (χ0v) is 19.6. The van der Waals surface area contributed by atoms with Crippen LogP contribution in [0.3, 0.4) is 0 Å². The summed E-state index contributed by atoms with van der Waals surface area (Å²) < 4.78 is 32.3. The molecule has 10 heteroatoms. The van der Waals surface area contributed by atoms with Crippen LogP contribution in [-0.4, -0.2) is 46.5 Å². The van der Waals surface area contributed by atoms with Crippen molar-refractivity contribution in [2.75, 3.05) is 12.4 Å². The molecule has 1 aromatic carbocycles. The lowest BCUT2D eigenvalue weighted by molar-refractivity contribution is 0.0609. The number of sulfone groups is 1. The summed E-state index contributed by atoms with van der Waals surface area (Å²) in [5.41, 5.74) is 8.60. The van der Waals surface area contributed by atoms with Crippen LogP contribution in [0.15, 0.2) is 47.7 Å². The van der Waals surface area contributed by atoms with E-state index in [4.69, 9.17) is 17.0 Å². The number of hydrogen-bond acceptors (Lipinski definition) is 7. The van der Waals surface area contributed by atoms with E-state index in [0.29, 0.717) is 23.6 Å². The molecule has 1 atom stereocenters. The second-order valence-corrected chi connectivity index (χ2v) is 11.8. The van der Waals surface area contributed by atoms with E-state index in [1.54, 1.807) is 42.8 Å². The number of carbonyl (C=O) groups is 1. The van der Waals surface area contributed by atoms with Gasteiger partial charge in [0.2, 0.25) is 5.69 Å². The van der Waals surface area contributed by atoms with Crippen LogP contribution in [0.2, 0.25) is 0 Å². The fourth-order valence-corrected chi connectivity index (χ4v) is 6.08. The van der Waals surface area contributed by atoms with Gasteiger partial charge >= 0.3 is 0 Å². The minimum atomic E-state index is -3.60. The number of fused-ring (bicyclic) bond motifs is 3. The van der Waals surface area contributed by atoms with Crippen LogP contribution < -0.4 is 5.73 Å². The molecule has 0 amide bonds. The molecule has 0 unspecified atom stereocenters. The Labute approximate surface area is 197 Å². The minimum absolute atomic E-state index is 0.0557. The van der Waals surface area contributed by atoms with Crippen molar-refractivity contribution in [2.45, 2.75) is 37.2 Å². The molecule has 2 aliphatic heterocycles. The number of benzene rings is 1. The van der Waals surface area contributed by atoms with Gasteiger partial charge in [0.05, 0.1) is 25.5 Å². The van der Waals surface area contributed by atoms with Crippen molar-refractivity contribution in [3.63, 3.8) is 0 Å². The van der Waals surface area contributed by atoms with Gasteiger partial charge in [0, 0.05) is 18.8 Å². The summed E-state index contributed by atoms with van der Waals surface area (Å²) in [5, 5.41) is 0. The number of imidazole rings is 1. The molecule has 0 radical (unpaired) electrons. The van der Waals surface area contributed by atoms with Crippen molar-refractivity contribution in [3.8, 4) is 0 Å². The number of aromatic nitrogens is 2. The first-order chi connectivity index (χ1) is 16.0. The topological polar surface area (TPSA) is 120 Å². The van der Waals surface area contributed by atoms with Crippen LogP contribution in [-0.2, 0) is 33.1 Å². The molecule has 174 valence electrons. The van der Waals surface area contributed by atoms with Crippen LogP contribution in [0.1, 0.15) is 41.0 Å². The lowest BCUT2D eigenvalue weighted by atomic mass is 9.85. The fraction of sp³-hybridized carbons (Fsp3) is 0.333. The molecule has 4 heterocycles. The van der Waals surface area contributed by atoms with Crippen LogP contribution in [0.4, 0.5) is 5.69 Å². The number of nitrogens with zero attached hydrogens (tertiary/aromatic N) is 4. The van der Waals surface area contributed by atoms with Crippen molar-refractivity contribution in [2.24, 2.45) is 10.7 Å². The lowest BCUT2D eigenvalue weighted by Crippen LogP contribution is -2.57. The lowest BCUT2D eigenvalue weighted by Gasteiger charge is -2.42. The Morgan fingerprint density at radius 2 is 2.06 bits per heavy atom. The Kier molecular flexibility index (Phi) is 4.90. The number of pyridine rings is 1. The summed E-state index contributed by atoms with van der Waals surface area (Å²) in [6.07, 6.45) is 3.32. The molecule has 0 bridgehead atoms. The highest BCUT2D eigenvalue weighted by atomic mass is 32.2. The zero-order chi connectivity index (χ0) is 24.3. The predicted octanol–water partition coefficient (Wildman–Crippen LogP) is 2.60. The molecule has 1 spiro atoms. The third-order valence-electron chi connectivity index (χ3n) is 6.65. The number of ketones is 1. The summed E-state index contributed by atoms with van der Waals surface area (Å²) in [6.45, 7) is 10.7. The largest absolute Gasteiger partial charge is 0.386 e. The predicted molar refractivity (Wildman–Crippen MR) is 127 cm³/mol. The zero-order valence-electron chi connectivity index (χ0n) is 18.8. The van der Waals surface area contributed by atoms with Gasteiger partial charge in [-0.05, 0) is 36.6 Å². The van der Waals surface area contributed by atoms with Gasteiger partial charge < -0.3 is 14.9 Å². The Morgan fingerprint density at radius 1 is 1.26 bits per heavy atom. The average Bonchev–Trinajstić information content (AvgIpc) is 3.22. The second kappa shape index (κ2) is 7.48. The summed E-state index contributed by atoms with van der Waals surface area (Å²) in [6, 6.07) is 8.87. The normalized spacial score (nSPS) is 22.7. The fourth-order valence-electron chi connectivity index (χ4n) is 4.42. The molecular weight excluding hydrogens is 454 g/mol. The van der Waals surface area contributed by atoms with E-state index in [-0.39, 0.29) is 30.4 Å². The smallest absolute Gasteiger partial charge is 0.203 e. The van der Waals surface area contributed by atoms with Gasteiger partial charge in [-0.15, -0.1) is 0 Å². The molecule has 3 aromatic rings. The van der Waals surface area contributed by atoms with Gasteiger partial charge in [0.15, 0.2) is 15.6 Å². The van der Waals surface area contributed by atoms with Crippen LogP contribution in [0, 0.1) is 6.57 Å². The maximum absolute atomic E-state index is 13.1. The number of amidine groups is 1. The van der Waals surface area contributed by atoms with Crippen molar-refractivity contribution in [1.82, 2.24) is 9.38 Å². The van der Waals surface area contributed by atoms with Gasteiger partial charge in [-0.3, -0.25) is 9.79 Å². The molecule has 0 aliphatic carbocycles. The van der Waals surface area contributed by atoms with Crippen molar-refractivity contribution < 1.29 is 17.9 Å². The first-order valence-corrected chi connectivity index (χ1v) is 12.4. The van der Waals surface area contributed by atoms with E-state index in [2.05, 4.69) is 14.8 Å². The molecule has 0 saturated carbocycles. The molecule has 9 nitrogen and oxygen atoms in total. The van der Waals surface area contributed by atoms with E-state index < -0.39 is 20.1 Å². The Hall–Kier alpha value is -3.55. The maximum Gasteiger partial charge on any atom is 0.203 e. The highest BCUT2D eigenvalue weighted by Gasteiger charge is 2.52. The highest BCUT2D eigenvalue weighted by molar-refractivity contribution is 7.93. The van der Waals surface area contributed by atoms with Gasteiger partial charge in [-0.1, -0.05) is 24.3 Å². The summed E-state index contributed by atoms with van der Waals surface area (Å²) in [5.74, 6) is -0.344. The molecule has 34 heavy (non-hydrogen) atoms. The van der Waals surface area contributed by atoms with Crippen LogP contribution in [0.5, 0.6) is 0 Å². The SMILES string of the molecule is [C-]#[N+]c1ccc2nc(C(=O)Cc3ccc4c(c3)[C@]3(COC4)CS(=O)(=O)C(C)(C)C(N)=N3)cn2c1. The maximum atomic E-state index is 13.1. The summed E-state index contributed by atoms with van der Waals surface area (Å²) >= 11 is 0. The number of aliphatic imine (C=N–C) groups is 1. The minimum Gasteiger partial charge on any atom is -0.386 e. The number of rotatable bonds is 3. The van der Waals surface area contributed by atoms with E-state index in [0.717, 1.165) is 16.7 Å². The average molecular weight is 478 g/mol. The number of carbonyl (C=O) groups excluding carboxylic acids is 1. The monoisotopic (exact) mass is 477 g/mol. The number of Topliss-reactive ketones (excluding diaryl/α,β-unsaturated/α-hetero) is 1. The molecule has 2 aliphatic rings. The van der Waals surface area contributed by atoms with Gasteiger partial charge in [0.1, 0.15) is 27.5 Å². The molecule has 2 aromatic heterocycles. The Morgan fingerprint density at radius 3 is 2.79 bits per heavy atom. The van der Waals surface area contributed by atoms with E-state index in [1.165, 1.54) is 0 Å². The van der Waals surface area contributed by atoms with E-state index in [9.17, 15) is 13.2 Å². The number of hydrogen-bond donors (Lipinski definition) is 1. The molecule has 2 N–H and O–H groups in total. The first kappa shape index (κ1) is 22.3. The highest BCUT2D eigenvalue weighted by Crippen LogP contribution is 2.41. The molecule has 5 rings (SSSR count). The van der Waals surface area contributed by atoms with Crippen molar-refractivity contribution >= 4 is 32.8 Å². The summed E-state index contributed by atoms with van der Waals surface area (Å²) in [4.78, 5) is 25.4. The molecule has 0 fully saturated rings. The summed E-state index contributed by atoms with van der Waals surface area (Å²) in [7, 11) is -3.60. The van der Waals surface area contributed by atoms with E-state index in [1.807, 2.05) is 18.2 Å². The standard InChI is InChI=1S/C24H23N5O4S/c1-23(2)22(25)28-24(14-34(23,31)32)13-33-12-16-5-4-15(8-18(16)24)9-20(30)19-11-29-10-17(26-3)6-7-21(29)27-19/h4-8,10-11H,9,12-14H2,1-2H3,(H2,25,28)/t24-/m0/s1. The third kappa shape index (κ3) is 3.40. The van der Waals surface area contributed by atoms with E-state index >= 15 is 0 Å². The van der Waals surface area contributed by atoms with Crippen LogP contribution in [0.25, 0.3) is 10.5 Å². The van der Waals surface area contributed by atoms with Crippen molar-refractivity contribution in [1.29, 1.82) is 0 Å². The van der Waals surface area contributed by atoms with Gasteiger partial charge in [-0.2, -0.15) is 0 Å². The van der Waals surface area contributed by atoms with Crippen molar-refractivity contribution in [3.05, 3.63) is 76.5 Å². The molecular formula is C24H23N5O4S. The Bertz CT molecular complexity index is 1530. The second-order valence-electron chi connectivity index (χ2n) is 9.27. The van der Waals surface area contributed by atoms with Gasteiger partial charge in [-0.25, -0.2) is 18.2 Å². The van der Waals surface area contributed by atoms with Crippen LogP contribution >= 0.6 is 0 Å². The third-order valence-corrected chi connectivity index (χ3v) is 9.27. The first-order valence-electron chi connectivity index (χ1n) is 10.7. The Balaban J connectivity index is 1.50.